The Labute approximate surface area is 124 Å². The van der Waals surface area contributed by atoms with Crippen LogP contribution in [0.5, 0.6) is 0 Å². The topological polar surface area (TPSA) is 61.4 Å². The fourth-order valence-corrected chi connectivity index (χ4v) is 2.98. The Morgan fingerprint density at radius 2 is 1.95 bits per heavy atom. The van der Waals surface area contributed by atoms with Crippen molar-refractivity contribution < 1.29 is 9.59 Å². The second kappa shape index (κ2) is 6.26. The molecular weight excluding hydrogens is 266 g/mol. The lowest BCUT2D eigenvalue weighted by Crippen LogP contribution is -2.30. The van der Waals surface area contributed by atoms with Gasteiger partial charge in [0.05, 0.1) is 17.2 Å². The van der Waals surface area contributed by atoms with Crippen molar-refractivity contribution >= 4 is 17.5 Å². The summed E-state index contributed by atoms with van der Waals surface area (Å²) < 4.78 is 0. The number of nitrogens with zero attached hydrogens (tertiary/aromatic N) is 1. The summed E-state index contributed by atoms with van der Waals surface area (Å²) in [5.74, 6) is 0.0227. The Balaban J connectivity index is 1.75. The van der Waals surface area contributed by atoms with Gasteiger partial charge in [-0.2, -0.15) is 0 Å². The van der Waals surface area contributed by atoms with Gasteiger partial charge in [-0.3, -0.25) is 9.59 Å². The van der Waals surface area contributed by atoms with Crippen molar-refractivity contribution in [3.63, 3.8) is 0 Å². The number of anilines is 1. The molecule has 1 atom stereocenters. The van der Waals surface area contributed by atoms with E-state index in [0.717, 1.165) is 38.9 Å². The SMILES string of the molecule is O=C(Nc1ccccc1C(=O)N1CCCC1)C1CCNC1. The van der Waals surface area contributed by atoms with Crippen molar-refractivity contribution in [1.82, 2.24) is 10.2 Å². The van der Waals surface area contributed by atoms with Crippen molar-refractivity contribution in [2.75, 3.05) is 31.5 Å². The van der Waals surface area contributed by atoms with Gasteiger partial charge < -0.3 is 15.5 Å². The van der Waals surface area contributed by atoms with E-state index in [1.165, 1.54) is 0 Å². The van der Waals surface area contributed by atoms with Crippen LogP contribution in [0, 0.1) is 5.92 Å². The van der Waals surface area contributed by atoms with Crippen LogP contribution >= 0.6 is 0 Å². The highest BCUT2D eigenvalue weighted by Crippen LogP contribution is 2.21. The lowest BCUT2D eigenvalue weighted by Gasteiger charge is -2.18. The van der Waals surface area contributed by atoms with Crippen molar-refractivity contribution in [3.8, 4) is 0 Å². The van der Waals surface area contributed by atoms with E-state index < -0.39 is 0 Å². The van der Waals surface area contributed by atoms with Gasteiger partial charge in [-0.05, 0) is 37.9 Å². The summed E-state index contributed by atoms with van der Waals surface area (Å²) in [7, 11) is 0. The third-order valence-electron chi connectivity index (χ3n) is 4.24. The zero-order chi connectivity index (χ0) is 14.7. The molecule has 3 rings (SSSR count). The van der Waals surface area contributed by atoms with Crippen LogP contribution in [-0.4, -0.2) is 42.9 Å². The first-order valence-corrected chi connectivity index (χ1v) is 7.65. The third kappa shape index (κ3) is 3.08. The summed E-state index contributed by atoms with van der Waals surface area (Å²) in [5.41, 5.74) is 1.23. The standard InChI is InChI=1S/C16H21N3O2/c20-15(12-7-8-17-11-12)18-14-6-2-1-5-13(14)16(21)19-9-3-4-10-19/h1-2,5-6,12,17H,3-4,7-11H2,(H,18,20). The van der Waals surface area contributed by atoms with E-state index in [4.69, 9.17) is 0 Å². The molecule has 1 aromatic rings. The highest BCUT2D eigenvalue weighted by Gasteiger charge is 2.25. The van der Waals surface area contributed by atoms with E-state index in [0.29, 0.717) is 17.8 Å². The predicted octanol–water partition coefficient (Wildman–Crippen LogP) is 1.47. The number of hydrogen-bond acceptors (Lipinski definition) is 3. The summed E-state index contributed by atoms with van der Waals surface area (Å²) >= 11 is 0. The molecule has 2 N–H and O–H groups in total. The Morgan fingerprint density at radius 3 is 2.67 bits per heavy atom. The molecule has 1 unspecified atom stereocenters. The second-order valence-electron chi connectivity index (χ2n) is 5.72. The Hall–Kier alpha value is -1.88. The first-order chi connectivity index (χ1) is 10.3. The molecule has 2 aliphatic heterocycles. The number of rotatable bonds is 3. The molecule has 0 saturated carbocycles. The third-order valence-corrected chi connectivity index (χ3v) is 4.24. The number of hydrogen-bond donors (Lipinski definition) is 2. The molecule has 112 valence electrons. The zero-order valence-electron chi connectivity index (χ0n) is 12.1. The monoisotopic (exact) mass is 287 g/mol. The number of carbonyl (C=O) groups is 2. The fraction of sp³-hybridized carbons (Fsp3) is 0.500. The van der Waals surface area contributed by atoms with E-state index in [2.05, 4.69) is 10.6 Å². The maximum absolute atomic E-state index is 12.5. The Kier molecular flexibility index (Phi) is 4.20. The van der Waals surface area contributed by atoms with Gasteiger partial charge in [0.15, 0.2) is 0 Å². The lowest BCUT2D eigenvalue weighted by atomic mass is 10.1. The van der Waals surface area contributed by atoms with Crippen LogP contribution in [-0.2, 0) is 4.79 Å². The molecule has 2 fully saturated rings. The first kappa shape index (κ1) is 14.1. The summed E-state index contributed by atoms with van der Waals surface area (Å²) in [4.78, 5) is 26.6. The fourth-order valence-electron chi connectivity index (χ4n) is 2.98. The van der Waals surface area contributed by atoms with Crippen molar-refractivity contribution in [1.29, 1.82) is 0 Å². The lowest BCUT2D eigenvalue weighted by molar-refractivity contribution is -0.119. The molecule has 0 aliphatic carbocycles. The van der Waals surface area contributed by atoms with E-state index in [1.807, 2.05) is 23.1 Å². The van der Waals surface area contributed by atoms with Gasteiger partial charge >= 0.3 is 0 Å². The average Bonchev–Trinajstić information content (AvgIpc) is 3.20. The molecule has 2 heterocycles. The average molecular weight is 287 g/mol. The van der Waals surface area contributed by atoms with Gasteiger partial charge in [0, 0.05) is 19.6 Å². The summed E-state index contributed by atoms with van der Waals surface area (Å²) in [5, 5.41) is 6.12. The van der Waals surface area contributed by atoms with Crippen LogP contribution < -0.4 is 10.6 Å². The van der Waals surface area contributed by atoms with Crippen molar-refractivity contribution in [3.05, 3.63) is 29.8 Å². The van der Waals surface area contributed by atoms with E-state index in [9.17, 15) is 9.59 Å². The maximum atomic E-state index is 12.5. The minimum atomic E-state index is -0.0000511. The minimum Gasteiger partial charge on any atom is -0.339 e. The van der Waals surface area contributed by atoms with Crippen LogP contribution in [0.25, 0.3) is 0 Å². The quantitative estimate of drug-likeness (QED) is 0.885. The highest BCUT2D eigenvalue weighted by atomic mass is 16.2. The number of likely N-dealkylation sites (tertiary alicyclic amines) is 1. The van der Waals surface area contributed by atoms with Gasteiger partial charge in [0.1, 0.15) is 0 Å². The van der Waals surface area contributed by atoms with Gasteiger partial charge in [-0.25, -0.2) is 0 Å². The Bertz CT molecular complexity index is 532. The van der Waals surface area contributed by atoms with Crippen LogP contribution in [0.1, 0.15) is 29.6 Å². The molecule has 0 spiro atoms. The van der Waals surface area contributed by atoms with E-state index in [-0.39, 0.29) is 17.7 Å². The van der Waals surface area contributed by atoms with E-state index >= 15 is 0 Å². The highest BCUT2D eigenvalue weighted by molar-refractivity contribution is 6.04. The largest absolute Gasteiger partial charge is 0.339 e. The number of carbonyl (C=O) groups excluding carboxylic acids is 2. The molecule has 0 bridgehead atoms. The second-order valence-corrected chi connectivity index (χ2v) is 5.72. The van der Waals surface area contributed by atoms with E-state index in [1.54, 1.807) is 6.07 Å². The smallest absolute Gasteiger partial charge is 0.255 e. The molecule has 0 aromatic heterocycles. The molecule has 21 heavy (non-hydrogen) atoms. The molecule has 2 amide bonds. The summed E-state index contributed by atoms with van der Waals surface area (Å²) in [6, 6.07) is 7.30. The maximum Gasteiger partial charge on any atom is 0.255 e. The number of para-hydroxylation sites is 1. The van der Waals surface area contributed by atoms with Crippen molar-refractivity contribution in [2.45, 2.75) is 19.3 Å². The van der Waals surface area contributed by atoms with Gasteiger partial charge in [0.2, 0.25) is 5.91 Å². The molecule has 5 nitrogen and oxygen atoms in total. The molecule has 0 radical (unpaired) electrons. The van der Waals surface area contributed by atoms with Gasteiger partial charge in [0.25, 0.3) is 5.91 Å². The number of benzene rings is 1. The number of amides is 2. The first-order valence-electron chi connectivity index (χ1n) is 7.65. The van der Waals surface area contributed by atoms with Gasteiger partial charge in [-0.1, -0.05) is 12.1 Å². The van der Waals surface area contributed by atoms with Crippen LogP contribution in [0.3, 0.4) is 0 Å². The molecule has 5 heteroatoms. The summed E-state index contributed by atoms with van der Waals surface area (Å²) in [6.45, 7) is 3.22. The van der Waals surface area contributed by atoms with Crippen LogP contribution in [0.2, 0.25) is 0 Å². The molecule has 1 aromatic carbocycles. The predicted molar refractivity (Wildman–Crippen MR) is 81.2 cm³/mol. The van der Waals surface area contributed by atoms with Crippen LogP contribution in [0.15, 0.2) is 24.3 Å². The molecule has 2 saturated heterocycles. The van der Waals surface area contributed by atoms with Gasteiger partial charge in [-0.15, -0.1) is 0 Å². The molecular formula is C16H21N3O2. The number of nitrogens with one attached hydrogen (secondary N) is 2. The zero-order valence-corrected chi connectivity index (χ0v) is 12.1. The van der Waals surface area contributed by atoms with Crippen LogP contribution in [0.4, 0.5) is 5.69 Å². The normalized spacial score (nSPS) is 21.5. The molecule has 2 aliphatic rings. The minimum absolute atomic E-state index is 0.0000511. The summed E-state index contributed by atoms with van der Waals surface area (Å²) in [6.07, 6.45) is 2.98. The Morgan fingerprint density at radius 1 is 1.19 bits per heavy atom. The van der Waals surface area contributed by atoms with Crippen molar-refractivity contribution in [2.24, 2.45) is 5.92 Å².